The van der Waals surface area contributed by atoms with Crippen LogP contribution in [0, 0.1) is 0 Å². The summed E-state index contributed by atoms with van der Waals surface area (Å²) in [6.45, 7) is 9.80. The van der Waals surface area contributed by atoms with Gasteiger partial charge in [-0.2, -0.15) is 5.10 Å². The Labute approximate surface area is 124 Å². The standard InChI is InChI=1S/C13H25BrN4O/c1-5-13(6-2,19-8-4)12(17-15)11-10(14)9-16-18(11)7-3/h9,12,17H,5-8,15H2,1-4H3. The summed E-state index contributed by atoms with van der Waals surface area (Å²) in [5.74, 6) is 5.83. The van der Waals surface area contributed by atoms with Gasteiger partial charge in [-0.25, -0.2) is 5.43 Å². The van der Waals surface area contributed by atoms with Gasteiger partial charge in [0.05, 0.1) is 28.0 Å². The fraction of sp³-hybridized carbons (Fsp3) is 0.769. The van der Waals surface area contributed by atoms with Crippen LogP contribution in [0.2, 0.25) is 0 Å². The molecule has 0 aromatic carbocycles. The smallest absolute Gasteiger partial charge is 0.0929 e. The van der Waals surface area contributed by atoms with E-state index in [1.807, 2.05) is 17.8 Å². The highest BCUT2D eigenvalue weighted by molar-refractivity contribution is 9.10. The molecule has 0 aliphatic rings. The lowest BCUT2D eigenvalue weighted by Gasteiger charge is -2.39. The summed E-state index contributed by atoms with van der Waals surface area (Å²) in [6, 6.07) is -0.0979. The summed E-state index contributed by atoms with van der Waals surface area (Å²) in [6.07, 6.45) is 3.58. The van der Waals surface area contributed by atoms with Crippen LogP contribution in [0.3, 0.4) is 0 Å². The number of nitrogens with zero attached hydrogens (tertiary/aromatic N) is 2. The summed E-state index contributed by atoms with van der Waals surface area (Å²) in [5, 5.41) is 4.36. The number of hydrogen-bond acceptors (Lipinski definition) is 4. The second-order valence-corrected chi connectivity index (χ2v) is 5.35. The largest absolute Gasteiger partial charge is 0.373 e. The maximum Gasteiger partial charge on any atom is 0.0929 e. The second kappa shape index (κ2) is 7.38. The van der Waals surface area contributed by atoms with Crippen molar-refractivity contribution < 1.29 is 4.74 Å². The van der Waals surface area contributed by atoms with Crippen molar-refractivity contribution in [2.24, 2.45) is 5.84 Å². The second-order valence-electron chi connectivity index (χ2n) is 4.50. The molecule has 0 aliphatic heterocycles. The lowest BCUT2D eigenvalue weighted by atomic mass is 9.86. The molecule has 1 unspecified atom stereocenters. The third-order valence-corrected chi connectivity index (χ3v) is 4.34. The van der Waals surface area contributed by atoms with Gasteiger partial charge in [-0.15, -0.1) is 0 Å². The first-order chi connectivity index (χ1) is 9.10. The van der Waals surface area contributed by atoms with Crippen LogP contribution < -0.4 is 11.3 Å². The molecule has 0 saturated heterocycles. The molecule has 0 amide bonds. The van der Waals surface area contributed by atoms with E-state index < -0.39 is 0 Å². The zero-order valence-corrected chi connectivity index (χ0v) is 13.8. The number of nitrogens with two attached hydrogens (primary N) is 1. The van der Waals surface area contributed by atoms with Crippen LogP contribution in [0.15, 0.2) is 10.7 Å². The van der Waals surface area contributed by atoms with Gasteiger partial charge in [0.25, 0.3) is 0 Å². The summed E-state index contributed by atoms with van der Waals surface area (Å²) >= 11 is 3.57. The Kier molecular flexibility index (Phi) is 6.46. The Morgan fingerprint density at radius 2 is 2.05 bits per heavy atom. The predicted octanol–water partition coefficient (Wildman–Crippen LogP) is 2.77. The molecular formula is C13H25BrN4O. The van der Waals surface area contributed by atoms with Gasteiger partial charge in [-0.1, -0.05) is 13.8 Å². The molecule has 3 N–H and O–H groups in total. The zero-order valence-electron chi connectivity index (χ0n) is 12.2. The predicted molar refractivity (Wildman–Crippen MR) is 80.6 cm³/mol. The Hall–Kier alpha value is -0.430. The molecular weight excluding hydrogens is 308 g/mol. The van der Waals surface area contributed by atoms with E-state index in [0.717, 1.165) is 29.6 Å². The Morgan fingerprint density at radius 3 is 2.47 bits per heavy atom. The molecule has 0 radical (unpaired) electrons. The topological polar surface area (TPSA) is 65.1 Å². The minimum absolute atomic E-state index is 0.0979. The van der Waals surface area contributed by atoms with E-state index in [4.69, 9.17) is 10.6 Å². The van der Waals surface area contributed by atoms with Crippen LogP contribution >= 0.6 is 15.9 Å². The number of ether oxygens (including phenoxy) is 1. The average molecular weight is 333 g/mol. The van der Waals surface area contributed by atoms with Crippen molar-refractivity contribution in [3.05, 3.63) is 16.4 Å². The molecule has 6 heteroatoms. The monoisotopic (exact) mass is 332 g/mol. The summed E-state index contributed by atoms with van der Waals surface area (Å²) < 4.78 is 8.97. The molecule has 1 rings (SSSR count). The summed E-state index contributed by atoms with van der Waals surface area (Å²) in [7, 11) is 0. The number of hydrazine groups is 1. The van der Waals surface area contributed by atoms with Crippen LogP contribution in [-0.2, 0) is 11.3 Å². The van der Waals surface area contributed by atoms with Crippen molar-refractivity contribution in [1.29, 1.82) is 0 Å². The molecule has 1 aromatic heterocycles. The quantitative estimate of drug-likeness (QED) is 0.567. The Bertz CT molecular complexity index is 390. The van der Waals surface area contributed by atoms with Crippen molar-refractivity contribution in [2.75, 3.05) is 6.61 Å². The van der Waals surface area contributed by atoms with Crippen molar-refractivity contribution in [2.45, 2.75) is 58.7 Å². The molecule has 19 heavy (non-hydrogen) atoms. The number of rotatable bonds is 8. The number of halogens is 1. The van der Waals surface area contributed by atoms with Crippen molar-refractivity contribution >= 4 is 15.9 Å². The Morgan fingerprint density at radius 1 is 1.42 bits per heavy atom. The van der Waals surface area contributed by atoms with E-state index in [1.165, 1.54) is 0 Å². The van der Waals surface area contributed by atoms with Gasteiger partial charge < -0.3 is 4.74 Å². The summed E-state index contributed by atoms with van der Waals surface area (Å²) in [4.78, 5) is 0. The van der Waals surface area contributed by atoms with E-state index in [1.54, 1.807) is 0 Å². The molecule has 0 bridgehead atoms. The highest BCUT2D eigenvalue weighted by Crippen LogP contribution is 2.37. The molecule has 1 aromatic rings. The van der Waals surface area contributed by atoms with Crippen molar-refractivity contribution in [3.63, 3.8) is 0 Å². The van der Waals surface area contributed by atoms with Gasteiger partial charge in [0.2, 0.25) is 0 Å². The van der Waals surface area contributed by atoms with Gasteiger partial charge in [0, 0.05) is 13.2 Å². The first-order valence-electron chi connectivity index (χ1n) is 6.91. The molecule has 1 heterocycles. The molecule has 5 nitrogen and oxygen atoms in total. The van der Waals surface area contributed by atoms with E-state index in [0.29, 0.717) is 6.61 Å². The van der Waals surface area contributed by atoms with Crippen LogP contribution in [0.25, 0.3) is 0 Å². The Balaban J connectivity index is 3.26. The zero-order chi connectivity index (χ0) is 14.5. The van der Waals surface area contributed by atoms with Crippen LogP contribution in [0.4, 0.5) is 0 Å². The third kappa shape index (κ3) is 3.18. The fourth-order valence-corrected chi connectivity index (χ4v) is 3.15. The van der Waals surface area contributed by atoms with Crippen molar-refractivity contribution in [1.82, 2.24) is 15.2 Å². The van der Waals surface area contributed by atoms with E-state index in [-0.39, 0.29) is 11.6 Å². The van der Waals surface area contributed by atoms with Gasteiger partial charge in [-0.3, -0.25) is 10.5 Å². The number of hydrogen-bond donors (Lipinski definition) is 2. The maximum atomic E-state index is 6.05. The molecule has 1 atom stereocenters. The highest BCUT2D eigenvalue weighted by atomic mass is 79.9. The first-order valence-corrected chi connectivity index (χ1v) is 7.70. The van der Waals surface area contributed by atoms with Crippen LogP contribution in [0.1, 0.15) is 52.3 Å². The summed E-state index contributed by atoms with van der Waals surface area (Å²) in [5.41, 5.74) is 3.65. The lowest BCUT2D eigenvalue weighted by molar-refractivity contribution is -0.0753. The van der Waals surface area contributed by atoms with Gasteiger partial charge in [0.1, 0.15) is 0 Å². The number of aromatic nitrogens is 2. The highest BCUT2D eigenvalue weighted by Gasteiger charge is 2.39. The van der Waals surface area contributed by atoms with E-state index in [9.17, 15) is 0 Å². The lowest BCUT2D eigenvalue weighted by Crippen LogP contribution is -2.49. The van der Waals surface area contributed by atoms with Gasteiger partial charge >= 0.3 is 0 Å². The SMILES string of the molecule is CCOC(CC)(CC)C(NN)c1c(Br)cnn1CC. The molecule has 110 valence electrons. The van der Waals surface area contributed by atoms with E-state index in [2.05, 4.69) is 47.2 Å². The molecule has 0 fully saturated rings. The average Bonchev–Trinajstić information content (AvgIpc) is 2.80. The van der Waals surface area contributed by atoms with Gasteiger partial charge in [-0.05, 0) is 42.6 Å². The van der Waals surface area contributed by atoms with Crippen LogP contribution in [-0.4, -0.2) is 22.0 Å². The molecule has 0 spiro atoms. The third-order valence-electron chi connectivity index (χ3n) is 3.73. The first kappa shape index (κ1) is 16.6. The molecule has 0 aliphatic carbocycles. The minimum atomic E-state index is -0.320. The fourth-order valence-electron chi connectivity index (χ4n) is 2.62. The minimum Gasteiger partial charge on any atom is -0.373 e. The number of nitrogens with one attached hydrogen (secondary N) is 1. The normalized spacial score (nSPS) is 13.8. The van der Waals surface area contributed by atoms with E-state index >= 15 is 0 Å². The number of aryl methyl sites for hydroxylation is 1. The molecule has 0 saturated carbocycles. The van der Waals surface area contributed by atoms with Gasteiger partial charge in [0.15, 0.2) is 0 Å². The van der Waals surface area contributed by atoms with Crippen LogP contribution in [0.5, 0.6) is 0 Å². The maximum absolute atomic E-state index is 6.05. The van der Waals surface area contributed by atoms with Crippen molar-refractivity contribution in [3.8, 4) is 0 Å².